The Kier molecular flexibility index (Phi) is 5.97. The highest BCUT2D eigenvalue weighted by Crippen LogP contribution is 2.28. The van der Waals surface area contributed by atoms with E-state index in [-0.39, 0.29) is 17.8 Å². The lowest BCUT2D eigenvalue weighted by atomic mass is 10.1. The number of hydrogen-bond donors (Lipinski definition) is 2. The molecule has 2 aromatic heterocycles. The van der Waals surface area contributed by atoms with Gasteiger partial charge in [0.2, 0.25) is 0 Å². The third kappa shape index (κ3) is 5.17. The van der Waals surface area contributed by atoms with Crippen LogP contribution in [0.4, 0.5) is 10.2 Å². The Hall–Kier alpha value is -3.35. The third-order valence-corrected chi connectivity index (χ3v) is 5.15. The van der Waals surface area contributed by atoms with Crippen LogP contribution >= 0.6 is 0 Å². The van der Waals surface area contributed by atoms with Crippen molar-refractivity contribution in [3.63, 3.8) is 0 Å². The van der Waals surface area contributed by atoms with Gasteiger partial charge in [-0.3, -0.25) is 14.8 Å². The molecule has 154 valence electrons. The van der Waals surface area contributed by atoms with Crippen LogP contribution in [0.25, 0.3) is 0 Å². The van der Waals surface area contributed by atoms with E-state index < -0.39 is 0 Å². The highest BCUT2D eigenvalue weighted by Gasteiger charge is 2.23. The number of carbonyl (C=O) groups is 1. The summed E-state index contributed by atoms with van der Waals surface area (Å²) in [5.74, 6) is 0.665. The SMILES string of the molecule is C[C@H](Nc1nc(Cc2cnccn2)ccc1C(=O)NCC1CC1)c1ccc(F)cc1. The first kappa shape index (κ1) is 19.9. The summed E-state index contributed by atoms with van der Waals surface area (Å²) in [5.41, 5.74) is 2.98. The van der Waals surface area contributed by atoms with Crippen molar-refractivity contribution in [1.29, 1.82) is 0 Å². The third-order valence-electron chi connectivity index (χ3n) is 5.15. The number of pyridine rings is 1. The second-order valence-electron chi connectivity index (χ2n) is 7.64. The maximum absolute atomic E-state index is 13.3. The van der Waals surface area contributed by atoms with Gasteiger partial charge in [-0.1, -0.05) is 12.1 Å². The topological polar surface area (TPSA) is 79.8 Å². The molecule has 2 N–H and O–H groups in total. The van der Waals surface area contributed by atoms with Crippen molar-refractivity contribution in [3.05, 3.63) is 83.3 Å². The van der Waals surface area contributed by atoms with E-state index in [9.17, 15) is 9.18 Å². The quantitative estimate of drug-likeness (QED) is 0.594. The van der Waals surface area contributed by atoms with Crippen LogP contribution in [-0.4, -0.2) is 27.4 Å². The molecule has 1 amide bonds. The van der Waals surface area contributed by atoms with Crippen molar-refractivity contribution in [2.45, 2.75) is 32.2 Å². The molecule has 7 heteroatoms. The molecular weight excluding hydrogens is 381 g/mol. The Bertz CT molecular complexity index is 1010. The van der Waals surface area contributed by atoms with Crippen molar-refractivity contribution >= 4 is 11.7 Å². The number of carbonyl (C=O) groups excluding carboxylic acids is 1. The highest BCUT2D eigenvalue weighted by atomic mass is 19.1. The fourth-order valence-electron chi connectivity index (χ4n) is 3.19. The number of halogens is 1. The van der Waals surface area contributed by atoms with Crippen LogP contribution in [0.1, 0.15) is 53.1 Å². The number of amides is 1. The lowest BCUT2D eigenvalue weighted by Gasteiger charge is -2.18. The first-order valence-electron chi connectivity index (χ1n) is 10.1. The number of nitrogens with zero attached hydrogens (tertiary/aromatic N) is 3. The average Bonchev–Trinajstić information content (AvgIpc) is 3.58. The number of anilines is 1. The molecule has 0 spiro atoms. The predicted molar refractivity (Wildman–Crippen MR) is 113 cm³/mol. The predicted octanol–water partition coefficient (Wildman–Crippen LogP) is 3.91. The molecule has 1 aliphatic carbocycles. The van der Waals surface area contributed by atoms with Gasteiger partial charge in [-0.2, -0.15) is 0 Å². The van der Waals surface area contributed by atoms with Gasteiger partial charge in [-0.25, -0.2) is 9.37 Å². The highest BCUT2D eigenvalue weighted by molar-refractivity contribution is 5.98. The Labute approximate surface area is 175 Å². The number of hydrogen-bond acceptors (Lipinski definition) is 5. The molecule has 30 heavy (non-hydrogen) atoms. The summed E-state index contributed by atoms with van der Waals surface area (Å²) in [6.45, 7) is 2.64. The molecule has 0 aliphatic heterocycles. The summed E-state index contributed by atoms with van der Waals surface area (Å²) in [5, 5.41) is 6.33. The summed E-state index contributed by atoms with van der Waals surface area (Å²) in [6.07, 6.45) is 7.82. The first-order chi connectivity index (χ1) is 14.6. The standard InChI is InChI=1S/C23H24FN5O/c1-15(17-4-6-18(24)7-5-17)28-22-21(23(30)27-13-16-2-3-16)9-8-19(29-22)12-20-14-25-10-11-26-20/h4-11,14-16H,2-3,12-13H2,1H3,(H,27,30)(H,28,29)/t15-/m0/s1. The molecule has 4 rings (SSSR count). The maximum atomic E-state index is 13.3. The van der Waals surface area contributed by atoms with E-state index in [0.29, 0.717) is 30.3 Å². The number of benzene rings is 1. The van der Waals surface area contributed by atoms with Crippen molar-refractivity contribution < 1.29 is 9.18 Å². The Morgan fingerprint density at radius 2 is 1.93 bits per heavy atom. The molecule has 0 unspecified atom stereocenters. The normalized spacial score (nSPS) is 14.2. The number of nitrogens with one attached hydrogen (secondary N) is 2. The van der Waals surface area contributed by atoms with Gasteiger partial charge in [0.25, 0.3) is 5.91 Å². The van der Waals surface area contributed by atoms with E-state index in [1.54, 1.807) is 36.8 Å². The van der Waals surface area contributed by atoms with Gasteiger partial charge in [0.1, 0.15) is 11.6 Å². The van der Waals surface area contributed by atoms with Crippen LogP contribution in [0.15, 0.2) is 55.0 Å². The first-order valence-corrected chi connectivity index (χ1v) is 10.1. The van der Waals surface area contributed by atoms with Crippen LogP contribution in [0.2, 0.25) is 0 Å². The minimum absolute atomic E-state index is 0.144. The smallest absolute Gasteiger partial charge is 0.255 e. The molecule has 1 atom stereocenters. The summed E-state index contributed by atoms with van der Waals surface area (Å²) >= 11 is 0. The van der Waals surface area contributed by atoms with E-state index in [1.807, 2.05) is 13.0 Å². The molecule has 3 aromatic rings. The molecule has 0 radical (unpaired) electrons. The molecule has 1 aromatic carbocycles. The number of aromatic nitrogens is 3. The zero-order chi connectivity index (χ0) is 20.9. The van der Waals surface area contributed by atoms with Gasteiger partial charge < -0.3 is 10.6 Å². The monoisotopic (exact) mass is 405 g/mol. The van der Waals surface area contributed by atoms with E-state index in [4.69, 9.17) is 4.98 Å². The van der Waals surface area contributed by atoms with Crippen LogP contribution in [0, 0.1) is 11.7 Å². The summed E-state index contributed by atoms with van der Waals surface area (Å²) < 4.78 is 13.3. The van der Waals surface area contributed by atoms with Crippen LogP contribution in [-0.2, 0) is 6.42 Å². The van der Waals surface area contributed by atoms with Crippen molar-refractivity contribution in [3.8, 4) is 0 Å². The largest absolute Gasteiger partial charge is 0.363 e. The van der Waals surface area contributed by atoms with Gasteiger partial charge in [0.05, 0.1) is 11.3 Å². The second-order valence-corrected chi connectivity index (χ2v) is 7.64. The molecule has 0 saturated heterocycles. The van der Waals surface area contributed by atoms with Crippen LogP contribution < -0.4 is 10.6 Å². The van der Waals surface area contributed by atoms with E-state index >= 15 is 0 Å². The van der Waals surface area contributed by atoms with Crippen molar-refractivity contribution in [2.75, 3.05) is 11.9 Å². The molecule has 1 fully saturated rings. The van der Waals surface area contributed by atoms with Gasteiger partial charge in [-0.15, -0.1) is 0 Å². The fraction of sp³-hybridized carbons (Fsp3) is 0.304. The molecule has 1 saturated carbocycles. The lowest BCUT2D eigenvalue weighted by molar-refractivity contribution is 0.0952. The Morgan fingerprint density at radius 1 is 1.13 bits per heavy atom. The zero-order valence-electron chi connectivity index (χ0n) is 16.8. The molecule has 2 heterocycles. The van der Waals surface area contributed by atoms with E-state index in [0.717, 1.165) is 17.0 Å². The summed E-state index contributed by atoms with van der Waals surface area (Å²) in [6, 6.07) is 9.78. The minimum Gasteiger partial charge on any atom is -0.363 e. The molecular formula is C23H24FN5O. The number of rotatable bonds is 8. The minimum atomic E-state index is -0.282. The molecule has 1 aliphatic rings. The lowest BCUT2D eigenvalue weighted by Crippen LogP contribution is -2.27. The molecule has 6 nitrogen and oxygen atoms in total. The van der Waals surface area contributed by atoms with Gasteiger partial charge in [0.15, 0.2) is 0 Å². The van der Waals surface area contributed by atoms with Gasteiger partial charge in [0, 0.05) is 43.3 Å². The average molecular weight is 405 g/mol. The van der Waals surface area contributed by atoms with Crippen LogP contribution in [0.3, 0.4) is 0 Å². The van der Waals surface area contributed by atoms with Crippen molar-refractivity contribution in [2.24, 2.45) is 5.92 Å². The van der Waals surface area contributed by atoms with Crippen LogP contribution in [0.5, 0.6) is 0 Å². The summed E-state index contributed by atoms with van der Waals surface area (Å²) in [7, 11) is 0. The zero-order valence-corrected chi connectivity index (χ0v) is 16.8. The Balaban J connectivity index is 1.57. The van der Waals surface area contributed by atoms with E-state index in [2.05, 4.69) is 20.6 Å². The van der Waals surface area contributed by atoms with Crippen molar-refractivity contribution in [1.82, 2.24) is 20.3 Å². The van der Waals surface area contributed by atoms with Gasteiger partial charge >= 0.3 is 0 Å². The van der Waals surface area contributed by atoms with Gasteiger partial charge in [-0.05, 0) is 55.5 Å². The summed E-state index contributed by atoms with van der Waals surface area (Å²) in [4.78, 5) is 25.9. The Morgan fingerprint density at radius 3 is 2.63 bits per heavy atom. The second kappa shape index (κ2) is 8.98. The van der Waals surface area contributed by atoms with E-state index in [1.165, 1.54) is 25.0 Å². The molecule has 0 bridgehead atoms. The maximum Gasteiger partial charge on any atom is 0.255 e. The fourth-order valence-corrected chi connectivity index (χ4v) is 3.19.